The van der Waals surface area contributed by atoms with Crippen LogP contribution in [-0.2, 0) is 17.7 Å². The Balaban J connectivity index is 0.00000676. The highest BCUT2D eigenvalue weighted by Crippen LogP contribution is 2.08. The lowest BCUT2D eigenvalue weighted by Crippen LogP contribution is -2.43. The zero-order chi connectivity index (χ0) is 19.2. The third-order valence-corrected chi connectivity index (χ3v) is 4.24. The first-order valence-corrected chi connectivity index (χ1v) is 9.97. The van der Waals surface area contributed by atoms with E-state index in [0.29, 0.717) is 6.04 Å². The minimum Gasteiger partial charge on any atom is -0.385 e. The monoisotopic (exact) mass is 494 g/mol. The van der Waals surface area contributed by atoms with Gasteiger partial charge in [-0.3, -0.25) is 4.99 Å². The van der Waals surface area contributed by atoms with Crippen molar-refractivity contribution in [3.8, 4) is 0 Å². The van der Waals surface area contributed by atoms with Crippen molar-refractivity contribution in [2.45, 2.75) is 72.4 Å². The Kier molecular flexibility index (Phi) is 15.6. The van der Waals surface area contributed by atoms with Gasteiger partial charge in [-0.25, -0.2) is 0 Å². The number of aromatic nitrogens is 3. The lowest BCUT2D eigenvalue weighted by atomic mass is 10.0. The summed E-state index contributed by atoms with van der Waals surface area (Å²) < 4.78 is 7.19. The van der Waals surface area contributed by atoms with E-state index < -0.39 is 0 Å². The second kappa shape index (κ2) is 16.1. The number of hydrogen-bond acceptors (Lipinski definition) is 4. The van der Waals surface area contributed by atoms with Gasteiger partial charge in [0.25, 0.3) is 0 Å². The summed E-state index contributed by atoms with van der Waals surface area (Å²) >= 11 is 0. The van der Waals surface area contributed by atoms with Gasteiger partial charge in [0.2, 0.25) is 0 Å². The molecule has 0 aliphatic rings. The van der Waals surface area contributed by atoms with Gasteiger partial charge >= 0.3 is 0 Å². The fourth-order valence-corrected chi connectivity index (χ4v) is 2.72. The summed E-state index contributed by atoms with van der Waals surface area (Å²) in [5.41, 5.74) is 0. The van der Waals surface area contributed by atoms with E-state index in [4.69, 9.17) is 4.74 Å². The van der Waals surface area contributed by atoms with Crippen molar-refractivity contribution in [3.63, 3.8) is 0 Å². The summed E-state index contributed by atoms with van der Waals surface area (Å²) in [5, 5.41) is 15.1. The van der Waals surface area contributed by atoms with Crippen molar-refractivity contribution in [3.05, 3.63) is 12.2 Å². The summed E-state index contributed by atoms with van der Waals surface area (Å²) in [7, 11) is 1.72. The van der Waals surface area contributed by atoms with Crippen molar-refractivity contribution in [1.29, 1.82) is 0 Å². The van der Waals surface area contributed by atoms with Crippen LogP contribution in [0, 0.1) is 5.92 Å². The van der Waals surface area contributed by atoms with Gasteiger partial charge in [-0.05, 0) is 25.7 Å². The Morgan fingerprint density at radius 3 is 2.70 bits per heavy atom. The summed E-state index contributed by atoms with van der Waals surface area (Å²) in [6, 6.07) is 0.406. The van der Waals surface area contributed by atoms with Crippen LogP contribution >= 0.6 is 24.0 Å². The highest BCUT2D eigenvalue weighted by Gasteiger charge is 2.07. The second-order valence-electron chi connectivity index (χ2n) is 7.17. The Bertz CT molecular complexity index is 506. The molecule has 0 spiro atoms. The van der Waals surface area contributed by atoms with Gasteiger partial charge < -0.3 is 19.9 Å². The van der Waals surface area contributed by atoms with Crippen molar-refractivity contribution in [2.24, 2.45) is 10.9 Å². The van der Waals surface area contributed by atoms with Crippen LogP contribution in [0.25, 0.3) is 0 Å². The molecule has 1 heterocycles. The van der Waals surface area contributed by atoms with Crippen LogP contribution in [0.4, 0.5) is 0 Å². The standard InChI is InChI=1S/C19H38N6O.HI/c1-6-18-24-22-15-25(18)13-12-21-19(20-11-8-14-26-5)23-17(4)10-7-9-16(2)3;/h15-17H,6-14H2,1-5H3,(H2,20,21,23);1H. The number of ether oxygens (including phenoxy) is 1. The molecule has 0 aliphatic carbocycles. The Morgan fingerprint density at radius 2 is 2.04 bits per heavy atom. The van der Waals surface area contributed by atoms with Crippen molar-refractivity contribution in [2.75, 3.05) is 26.8 Å². The fraction of sp³-hybridized carbons (Fsp3) is 0.842. The summed E-state index contributed by atoms with van der Waals surface area (Å²) in [4.78, 5) is 4.68. The van der Waals surface area contributed by atoms with Crippen molar-refractivity contribution >= 4 is 29.9 Å². The summed E-state index contributed by atoms with van der Waals surface area (Å²) in [6.07, 6.45) is 7.27. The molecule has 0 bridgehead atoms. The van der Waals surface area contributed by atoms with Gasteiger partial charge in [0.15, 0.2) is 5.96 Å². The Labute approximate surface area is 182 Å². The van der Waals surface area contributed by atoms with E-state index in [1.807, 2.05) is 0 Å². The Hall–Kier alpha value is -0.900. The molecule has 8 heteroatoms. The maximum absolute atomic E-state index is 5.11. The summed E-state index contributed by atoms with van der Waals surface area (Å²) in [5.74, 6) is 2.66. The van der Waals surface area contributed by atoms with Gasteiger partial charge in [0, 0.05) is 45.8 Å². The zero-order valence-electron chi connectivity index (χ0n) is 17.7. The maximum atomic E-state index is 5.11. The fourth-order valence-electron chi connectivity index (χ4n) is 2.72. The number of methoxy groups -OCH3 is 1. The molecule has 0 fully saturated rings. The van der Waals surface area contributed by atoms with Gasteiger partial charge in [-0.1, -0.05) is 33.6 Å². The average Bonchev–Trinajstić information content (AvgIpc) is 3.05. The number of aryl methyl sites for hydroxylation is 1. The highest BCUT2D eigenvalue weighted by atomic mass is 127. The van der Waals surface area contributed by atoms with Gasteiger partial charge in [-0.15, -0.1) is 34.2 Å². The molecular weight excluding hydrogens is 455 g/mol. The van der Waals surface area contributed by atoms with E-state index in [-0.39, 0.29) is 24.0 Å². The Morgan fingerprint density at radius 1 is 1.26 bits per heavy atom. The normalized spacial score (nSPS) is 12.7. The predicted octanol–water partition coefficient (Wildman–Crippen LogP) is 3.25. The minimum atomic E-state index is 0. The molecule has 1 atom stereocenters. The number of rotatable bonds is 13. The first-order valence-electron chi connectivity index (χ1n) is 9.97. The van der Waals surface area contributed by atoms with E-state index in [9.17, 15) is 0 Å². The minimum absolute atomic E-state index is 0. The SMILES string of the molecule is CCc1nncn1CCNC(=NCCCOC)NC(C)CCCC(C)C.I. The molecule has 0 saturated carbocycles. The molecular formula is C19H39IN6O. The first-order chi connectivity index (χ1) is 12.6. The third kappa shape index (κ3) is 12.2. The van der Waals surface area contributed by atoms with Crippen LogP contribution in [-0.4, -0.2) is 53.6 Å². The molecule has 0 saturated heterocycles. The second-order valence-corrected chi connectivity index (χ2v) is 7.17. The molecule has 0 aliphatic heterocycles. The number of guanidine groups is 1. The lowest BCUT2D eigenvalue weighted by molar-refractivity contribution is 0.197. The molecule has 27 heavy (non-hydrogen) atoms. The van der Waals surface area contributed by atoms with Crippen LogP contribution in [0.15, 0.2) is 11.3 Å². The lowest BCUT2D eigenvalue weighted by Gasteiger charge is -2.19. The van der Waals surface area contributed by atoms with Gasteiger partial charge in [0.1, 0.15) is 12.2 Å². The number of halogens is 1. The van der Waals surface area contributed by atoms with E-state index in [2.05, 4.69) is 58.1 Å². The molecule has 1 unspecified atom stereocenters. The average molecular weight is 494 g/mol. The van der Waals surface area contributed by atoms with E-state index in [0.717, 1.165) is 63.2 Å². The van der Waals surface area contributed by atoms with E-state index in [1.165, 1.54) is 12.8 Å². The van der Waals surface area contributed by atoms with Crippen LogP contribution in [0.2, 0.25) is 0 Å². The predicted molar refractivity (Wildman–Crippen MR) is 123 cm³/mol. The number of nitrogens with zero attached hydrogens (tertiary/aromatic N) is 4. The smallest absolute Gasteiger partial charge is 0.191 e. The van der Waals surface area contributed by atoms with Gasteiger partial charge in [-0.2, -0.15) is 0 Å². The quantitative estimate of drug-likeness (QED) is 0.191. The molecule has 2 N–H and O–H groups in total. The molecule has 7 nitrogen and oxygen atoms in total. The number of aliphatic imine (C=N–C) groups is 1. The highest BCUT2D eigenvalue weighted by molar-refractivity contribution is 14.0. The molecule has 0 amide bonds. The number of hydrogen-bond donors (Lipinski definition) is 2. The van der Waals surface area contributed by atoms with Crippen LogP contribution in [0.3, 0.4) is 0 Å². The van der Waals surface area contributed by atoms with Crippen molar-refractivity contribution < 1.29 is 4.74 Å². The molecule has 158 valence electrons. The molecule has 1 rings (SSSR count). The van der Waals surface area contributed by atoms with Crippen LogP contribution < -0.4 is 10.6 Å². The van der Waals surface area contributed by atoms with Crippen LogP contribution in [0.5, 0.6) is 0 Å². The van der Waals surface area contributed by atoms with E-state index in [1.54, 1.807) is 13.4 Å². The number of nitrogens with one attached hydrogen (secondary N) is 2. The molecule has 0 radical (unpaired) electrons. The van der Waals surface area contributed by atoms with Crippen molar-refractivity contribution in [1.82, 2.24) is 25.4 Å². The topological polar surface area (TPSA) is 76.4 Å². The zero-order valence-corrected chi connectivity index (χ0v) is 20.0. The van der Waals surface area contributed by atoms with Crippen LogP contribution in [0.1, 0.15) is 59.2 Å². The third-order valence-electron chi connectivity index (χ3n) is 4.24. The van der Waals surface area contributed by atoms with Gasteiger partial charge in [0.05, 0.1) is 0 Å². The first kappa shape index (κ1) is 26.1. The molecule has 1 aromatic rings. The molecule has 1 aromatic heterocycles. The summed E-state index contributed by atoms with van der Waals surface area (Å²) in [6.45, 7) is 12.0. The largest absolute Gasteiger partial charge is 0.385 e. The van der Waals surface area contributed by atoms with E-state index >= 15 is 0 Å². The maximum Gasteiger partial charge on any atom is 0.191 e. The molecule has 0 aromatic carbocycles.